The Morgan fingerprint density at radius 2 is 1.25 bits per heavy atom. The molecule has 1 rings (SSSR count). The fourth-order valence-electron chi connectivity index (χ4n) is 1.49. The summed E-state index contributed by atoms with van der Waals surface area (Å²) in [5.41, 5.74) is 3.51. The summed E-state index contributed by atoms with van der Waals surface area (Å²) in [4.78, 5) is 0. The van der Waals surface area contributed by atoms with Crippen molar-refractivity contribution < 1.29 is 0 Å². The molecular formula is C16H18. The Labute approximate surface area is 99.1 Å². The van der Waals surface area contributed by atoms with Crippen LogP contribution in [0.1, 0.15) is 51.3 Å². The SMILES string of the molecule is CC#Cc1cc(C#CC)cc(C(C)(C)C)c1. The molecule has 0 aliphatic heterocycles. The van der Waals surface area contributed by atoms with Crippen LogP contribution in [-0.2, 0) is 5.41 Å². The Bertz CT molecular complexity index is 453. The van der Waals surface area contributed by atoms with Crippen molar-refractivity contribution in [1.29, 1.82) is 0 Å². The van der Waals surface area contributed by atoms with Crippen LogP contribution in [0.15, 0.2) is 18.2 Å². The second kappa shape index (κ2) is 4.91. The first kappa shape index (κ1) is 12.4. The van der Waals surface area contributed by atoms with Gasteiger partial charge in [0.1, 0.15) is 0 Å². The Hall–Kier alpha value is -1.66. The molecule has 0 saturated carbocycles. The summed E-state index contributed by atoms with van der Waals surface area (Å²) in [6, 6.07) is 6.34. The van der Waals surface area contributed by atoms with Gasteiger partial charge in [-0.25, -0.2) is 0 Å². The first-order valence-electron chi connectivity index (χ1n) is 5.48. The fourth-order valence-corrected chi connectivity index (χ4v) is 1.49. The predicted octanol–water partition coefficient (Wildman–Crippen LogP) is 3.73. The molecular weight excluding hydrogens is 192 g/mol. The summed E-state index contributed by atoms with van der Waals surface area (Å²) in [5.74, 6) is 12.1. The lowest BCUT2D eigenvalue weighted by Gasteiger charge is -2.19. The van der Waals surface area contributed by atoms with E-state index in [2.05, 4.69) is 56.6 Å². The highest BCUT2D eigenvalue weighted by molar-refractivity contribution is 5.48. The highest BCUT2D eigenvalue weighted by Crippen LogP contribution is 2.24. The van der Waals surface area contributed by atoms with Crippen LogP contribution in [0.3, 0.4) is 0 Å². The van der Waals surface area contributed by atoms with E-state index >= 15 is 0 Å². The Balaban J connectivity index is 3.37. The van der Waals surface area contributed by atoms with Crippen molar-refractivity contribution in [1.82, 2.24) is 0 Å². The van der Waals surface area contributed by atoms with Crippen LogP contribution in [-0.4, -0.2) is 0 Å². The van der Waals surface area contributed by atoms with E-state index in [1.165, 1.54) is 5.56 Å². The molecule has 0 amide bonds. The van der Waals surface area contributed by atoms with Crippen molar-refractivity contribution in [3.8, 4) is 23.7 Å². The second-order valence-electron chi connectivity index (χ2n) is 4.80. The molecule has 0 nitrogen and oxygen atoms in total. The lowest BCUT2D eigenvalue weighted by Crippen LogP contribution is -2.11. The number of benzene rings is 1. The third-order valence-electron chi connectivity index (χ3n) is 2.34. The van der Waals surface area contributed by atoms with Crippen LogP contribution in [0.4, 0.5) is 0 Å². The van der Waals surface area contributed by atoms with Crippen molar-refractivity contribution in [2.24, 2.45) is 0 Å². The zero-order chi connectivity index (χ0) is 12.2. The van der Waals surface area contributed by atoms with Crippen LogP contribution in [0.25, 0.3) is 0 Å². The van der Waals surface area contributed by atoms with E-state index in [1.54, 1.807) is 0 Å². The molecule has 0 heterocycles. The molecule has 0 saturated heterocycles. The molecule has 0 fully saturated rings. The lowest BCUT2D eigenvalue weighted by molar-refractivity contribution is 0.590. The van der Waals surface area contributed by atoms with Gasteiger partial charge >= 0.3 is 0 Å². The predicted molar refractivity (Wildman–Crippen MR) is 70.2 cm³/mol. The minimum Gasteiger partial charge on any atom is -0.101 e. The monoisotopic (exact) mass is 210 g/mol. The summed E-state index contributed by atoms with van der Waals surface area (Å²) in [6.45, 7) is 10.3. The van der Waals surface area contributed by atoms with Gasteiger partial charge in [-0.3, -0.25) is 0 Å². The number of hydrogen-bond acceptors (Lipinski definition) is 0. The molecule has 0 N–H and O–H groups in total. The molecule has 0 heteroatoms. The fraction of sp³-hybridized carbons (Fsp3) is 0.375. The lowest BCUT2D eigenvalue weighted by atomic mass is 9.85. The molecule has 82 valence electrons. The van der Waals surface area contributed by atoms with Gasteiger partial charge in [0, 0.05) is 11.1 Å². The van der Waals surface area contributed by atoms with Crippen LogP contribution < -0.4 is 0 Å². The topological polar surface area (TPSA) is 0 Å². The molecule has 0 spiro atoms. The van der Waals surface area contributed by atoms with E-state index in [1.807, 2.05) is 19.9 Å². The minimum absolute atomic E-state index is 0.135. The normalized spacial score (nSPS) is 9.81. The van der Waals surface area contributed by atoms with Gasteiger partial charge < -0.3 is 0 Å². The summed E-state index contributed by atoms with van der Waals surface area (Å²) in [7, 11) is 0. The second-order valence-corrected chi connectivity index (χ2v) is 4.80. The third kappa shape index (κ3) is 3.18. The van der Waals surface area contributed by atoms with Crippen molar-refractivity contribution in [3.63, 3.8) is 0 Å². The Kier molecular flexibility index (Phi) is 3.81. The molecule has 1 aromatic rings. The first-order valence-corrected chi connectivity index (χ1v) is 5.48. The molecule has 0 atom stereocenters. The van der Waals surface area contributed by atoms with Gasteiger partial charge in [-0.05, 0) is 43.0 Å². The van der Waals surface area contributed by atoms with E-state index in [0.29, 0.717) is 0 Å². The van der Waals surface area contributed by atoms with E-state index < -0.39 is 0 Å². The van der Waals surface area contributed by atoms with Crippen molar-refractivity contribution in [2.75, 3.05) is 0 Å². The molecule has 0 unspecified atom stereocenters. The van der Waals surface area contributed by atoms with E-state index in [4.69, 9.17) is 0 Å². The maximum absolute atomic E-state index is 3.10. The Morgan fingerprint density at radius 1 is 0.812 bits per heavy atom. The smallest absolute Gasteiger partial charge is 0.0260 e. The largest absolute Gasteiger partial charge is 0.101 e. The molecule has 0 aromatic heterocycles. The van der Waals surface area contributed by atoms with E-state index in [-0.39, 0.29) is 5.41 Å². The molecule has 0 aliphatic carbocycles. The first-order chi connectivity index (χ1) is 7.47. The van der Waals surface area contributed by atoms with Crippen molar-refractivity contribution >= 4 is 0 Å². The number of hydrogen-bond donors (Lipinski definition) is 0. The van der Waals surface area contributed by atoms with Crippen molar-refractivity contribution in [3.05, 3.63) is 34.9 Å². The molecule has 0 aliphatic rings. The zero-order valence-corrected chi connectivity index (χ0v) is 10.7. The highest BCUT2D eigenvalue weighted by atomic mass is 14.2. The number of rotatable bonds is 0. The third-order valence-corrected chi connectivity index (χ3v) is 2.34. The van der Waals surface area contributed by atoms with Crippen LogP contribution in [0.5, 0.6) is 0 Å². The maximum Gasteiger partial charge on any atom is 0.0260 e. The van der Waals surface area contributed by atoms with Crippen LogP contribution in [0, 0.1) is 23.7 Å². The van der Waals surface area contributed by atoms with Crippen molar-refractivity contribution in [2.45, 2.75) is 40.0 Å². The summed E-state index contributed by atoms with van der Waals surface area (Å²) in [6.07, 6.45) is 0. The average Bonchev–Trinajstić information content (AvgIpc) is 2.17. The molecule has 0 radical (unpaired) electrons. The van der Waals surface area contributed by atoms with Gasteiger partial charge in [0.2, 0.25) is 0 Å². The summed E-state index contributed by atoms with van der Waals surface area (Å²) in [5, 5.41) is 0. The van der Waals surface area contributed by atoms with Gasteiger partial charge in [0.15, 0.2) is 0 Å². The minimum atomic E-state index is 0.135. The standard InChI is InChI=1S/C16H18/c1-6-8-13-10-14(9-7-2)12-15(11-13)16(3,4)5/h10-12H,1-5H3. The van der Waals surface area contributed by atoms with Gasteiger partial charge in [-0.2, -0.15) is 0 Å². The highest BCUT2D eigenvalue weighted by Gasteiger charge is 2.14. The van der Waals surface area contributed by atoms with Gasteiger partial charge in [-0.15, -0.1) is 11.8 Å². The molecule has 0 bridgehead atoms. The van der Waals surface area contributed by atoms with Gasteiger partial charge in [0.05, 0.1) is 0 Å². The van der Waals surface area contributed by atoms with Gasteiger partial charge in [-0.1, -0.05) is 32.6 Å². The van der Waals surface area contributed by atoms with Crippen LogP contribution >= 0.6 is 0 Å². The summed E-state index contributed by atoms with van der Waals surface area (Å²) < 4.78 is 0. The van der Waals surface area contributed by atoms with Crippen LogP contribution in [0.2, 0.25) is 0 Å². The van der Waals surface area contributed by atoms with Gasteiger partial charge in [0.25, 0.3) is 0 Å². The quantitative estimate of drug-likeness (QED) is 0.572. The Morgan fingerprint density at radius 3 is 1.56 bits per heavy atom. The van der Waals surface area contributed by atoms with E-state index in [9.17, 15) is 0 Å². The average molecular weight is 210 g/mol. The zero-order valence-electron chi connectivity index (χ0n) is 10.7. The molecule has 1 aromatic carbocycles. The molecule has 16 heavy (non-hydrogen) atoms. The van der Waals surface area contributed by atoms with E-state index in [0.717, 1.165) is 11.1 Å². The maximum atomic E-state index is 3.10. The summed E-state index contributed by atoms with van der Waals surface area (Å²) >= 11 is 0.